The third kappa shape index (κ3) is 3.49. The van der Waals surface area contributed by atoms with Gasteiger partial charge in [0.2, 0.25) is 0 Å². The van der Waals surface area contributed by atoms with E-state index < -0.39 is 5.54 Å². The standard InChI is InChI=1S/C17H25NO3/c1-17(16(19)21-3,13-8-5-4-6-9-13)18-14-10-7-11-15(12-14)20-2/h7,10-13,18H,4-6,8-9H2,1-3H3. The Labute approximate surface area is 126 Å². The molecule has 1 N–H and O–H groups in total. The molecular formula is C17H25NO3. The molecule has 0 heterocycles. The highest BCUT2D eigenvalue weighted by molar-refractivity contribution is 5.84. The van der Waals surface area contributed by atoms with Gasteiger partial charge in [0, 0.05) is 11.8 Å². The van der Waals surface area contributed by atoms with Gasteiger partial charge in [-0.2, -0.15) is 0 Å². The van der Waals surface area contributed by atoms with E-state index in [1.807, 2.05) is 31.2 Å². The van der Waals surface area contributed by atoms with Crippen LogP contribution in [0.15, 0.2) is 24.3 Å². The van der Waals surface area contributed by atoms with Crippen LogP contribution in [0.1, 0.15) is 39.0 Å². The number of ether oxygens (including phenoxy) is 2. The quantitative estimate of drug-likeness (QED) is 0.842. The summed E-state index contributed by atoms with van der Waals surface area (Å²) in [5.74, 6) is 0.873. The van der Waals surface area contributed by atoms with E-state index in [0.29, 0.717) is 5.92 Å². The first-order valence-corrected chi connectivity index (χ1v) is 7.61. The predicted molar refractivity (Wildman–Crippen MR) is 83.6 cm³/mol. The zero-order valence-electron chi connectivity index (χ0n) is 13.1. The van der Waals surface area contributed by atoms with Crippen LogP contribution in [0, 0.1) is 5.92 Å². The summed E-state index contributed by atoms with van der Waals surface area (Å²) >= 11 is 0. The Balaban J connectivity index is 2.24. The molecular weight excluding hydrogens is 266 g/mol. The summed E-state index contributed by atoms with van der Waals surface area (Å²) in [6.45, 7) is 1.95. The van der Waals surface area contributed by atoms with Crippen molar-refractivity contribution >= 4 is 11.7 Å². The van der Waals surface area contributed by atoms with Crippen LogP contribution >= 0.6 is 0 Å². The van der Waals surface area contributed by atoms with Crippen molar-refractivity contribution in [3.8, 4) is 5.75 Å². The fourth-order valence-corrected chi connectivity index (χ4v) is 3.21. The van der Waals surface area contributed by atoms with Gasteiger partial charge in [-0.1, -0.05) is 25.3 Å². The number of hydrogen-bond acceptors (Lipinski definition) is 4. The van der Waals surface area contributed by atoms with Gasteiger partial charge in [-0.05, 0) is 37.8 Å². The molecule has 1 unspecified atom stereocenters. The van der Waals surface area contributed by atoms with Gasteiger partial charge in [0.1, 0.15) is 11.3 Å². The first-order valence-electron chi connectivity index (χ1n) is 7.61. The summed E-state index contributed by atoms with van der Waals surface area (Å²) in [5, 5.41) is 3.40. The van der Waals surface area contributed by atoms with Crippen LogP contribution in [0.25, 0.3) is 0 Å². The van der Waals surface area contributed by atoms with Crippen LogP contribution in [0.3, 0.4) is 0 Å². The fourth-order valence-electron chi connectivity index (χ4n) is 3.21. The van der Waals surface area contributed by atoms with Gasteiger partial charge in [-0.25, -0.2) is 4.79 Å². The summed E-state index contributed by atoms with van der Waals surface area (Å²) < 4.78 is 10.3. The summed E-state index contributed by atoms with van der Waals surface area (Å²) in [6, 6.07) is 7.66. The SMILES string of the molecule is COC(=O)C(C)(Nc1cccc(OC)c1)C1CCCCC1. The second kappa shape index (κ2) is 6.83. The lowest BCUT2D eigenvalue weighted by atomic mass is 9.75. The highest BCUT2D eigenvalue weighted by Gasteiger charge is 2.42. The third-order valence-electron chi connectivity index (χ3n) is 4.50. The molecule has 4 heteroatoms. The molecule has 1 saturated carbocycles. The number of rotatable bonds is 5. The number of methoxy groups -OCH3 is 2. The van der Waals surface area contributed by atoms with E-state index in [-0.39, 0.29) is 5.97 Å². The lowest BCUT2D eigenvalue weighted by molar-refractivity contribution is -0.147. The number of nitrogens with one attached hydrogen (secondary N) is 1. The van der Waals surface area contributed by atoms with E-state index in [4.69, 9.17) is 9.47 Å². The Kier molecular flexibility index (Phi) is 5.10. The Morgan fingerprint density at radius 2 is 1.95 bits per heavy atom. The highest BCUT2D eigenvalue weighted by Crippen LogP contribution is 2.36. The van der Waals surface area contributed by atoms with Crippen molar-refractivity contribution in [2.24, 2.45) is 5.92 Å². The molecule has 116 valence electrons. The highest BCUT2D eigenvalue weighted by atomic mass is 16.5. The van der Waals surface area contributed by atoms with Crippen molar-refractivity contribution in [1.29, 1.82) is 0 Å². The number of anilines is 1. The lowest BCUT2D eigenvalue weighted by Gasteiger charge is -2.38. The Morgan fingerprint density at radius 1 is 1.24 bits per heavy atom. The van der Waals surface area contributed by atoms with Gasteiger partial charge in [-0.15, -0.1) is 0 Å². The summed E-state index contributed by atoms with van der Waals surface area (Å²) in [4.78, 5) is 12.4. The average molecular weight is 291 g/mol. The van der Waals surface area contributed by atoms with Gasteiger partial charge in [-0.3, -0.25) is 0 Å². The molecule has 4 nitrogen and oxygen atoms in total. The smallest absolute Gasteiger partial charge is 0.331 e. The molecule has 21 heavy (non-hydrogen) atoms. The summed E-state index contributed by atoms with van der Waals surface area (Å²) in [6.07, 6.45) is 5.73. The first kappa shape index (κ1) is 15.7. The molecule has 0 bridgehead atoms. The lowest BCUT2D eigenvalue weighted by Crippen LogP contribution is -2.51. The second-order valence-corrected chi connectivity index (χ2v) is 5.89. The maximum atomic E-state index is 12.4. The molecule has 1 aliphatic rings. The van der Waals surface area contributed by atoms with Gasteiger partial charge < -0.3 is 14.8 Å². The Morgan fingerprint density at radius 3 is 2.57 bits per heavy atom. The molecule has 1 aromatic carbocycles. The second-order valence-electron chi connectivity index (χ2n) is 5.89. The van der Waals surface area contributed by atoms with E-state index in [0.717, 1.165) is 24.3 Å². The van der Waals surface area contributed by atoms with Crippen molar-refractivity contribution < 1.29 is 14.3 Å². The van der Waals surface area contributed by atoms with E-state index in [1.165, 1.54) is 26.4 Å². The molecule has 0 amide bonds. The minimum atomic E-state index is -0.693. The van der Waals surface area contributed by atoms with Crippen molar-refractivity contribution in [3.63, 3.8) is 0 Å². The minimum absolute atomic E-state index is 0.197. The molecule has 1 fully saturated rings. The Hall–Kier alpha value is -1.71. The molecule has 0 saturated heterocycles. The van der Waals surface area contributed by atoms with Gasteiger partial charge >= 0.3 is 5.97 Å². The molecule has 1 aromatic rings. The van der Waals surface area contributed by atoms with Crippen LogP contribution in [-0.4, -0.2) is 25.7 Å². The molecule has 2 rings (SSSR count). The monoisotopic (exact) mass is 291 g/mol. The number of carbonyl (C=O) groups is 1. The largest absolute Gasteiger partial charge is 0.497 e. The molecule has 1 aliphatic carbocycles. The number of esters is 1. The summed E-state index contributed by atoms with van der Waals surface area (Å²) in [5.41, 5.74) is 0.189. The van der Waals surface area contributed by atoms with Crippen molar-refractivity contribution in [2.45, 2.75) is 44.6 Å². The van der Waals surface area contributed by atoms with Crippen LogP contribution < -0.4 is 10.1 Å². The van der Waals surface area contributed by atoms with Crippen molar-refractivity contribution in [1.82, 2.24) is 0 Å². The van der Waals surface area contributed by atoms with Crippen LogP contribution in [0.2, 0.25) is 0 Å². The van der Waals surface area contributed by atoms with Crippen LogP contribution in [-0.2, 0) is 9.53 Å². The third-order valence-corrected chi connectivity index (χ3v) is 4.50. The Bertz CT molecular complexity index is 483. The van der Waals surface area contributed by atoms with Gasteiger partial charge in [0.15, 0.2) is 0 Å². The van der Waals surface area contributed by atoms with E-state index in [1.54, 1.807) is 7.11 Å². The molecule has 0 aliphatic heterocycles. The minimum Gasteiger partial charge on any atom is -0.497 e. The normalized spacial score (nSPS) is 18.6. The maximum absolute atomic E-state index is 12.4. The predicted octanol–water partition coefficient (Wildman–Crippen LogP) is 3.62. The van der Waals surface area contributed by atoms with Crippen molar-refractivity contribution in [3.05, 3.63) is 24.3 Å². The maximum Gasteiger partial charge on any atom is 0.331 e. The number of hydrogen-bond donors (Lipinski definition) is 1. The average Bonchev–Trinajstić information content (AvgIpc) is 2.54. The van der Waals surface area contributed by atoms with Crippen LogP contribution in [0.5, 0.6) is 5.75 Å². The zero-order chi connectivity index (χ0) is 15.3. The number of benzene rings is 1. The zero-order valence-corrected chi connectivity index (χ0v) is 13.1. The summed E-state index contributed by atoms with van der Waals surface area (Å²) in [7, 11) is 3.09. The van der Waals surface area contributed by atoms with Gasteiger partial charge in [0.05, 0.1) is 14.2 Å². The molecule has 1 atom stereocenters. The van der Waals surface area contributed by atoms with Crippen molar-refractivity contribution in [2.75, 3.05) is 19.5 Å². The number of carbonyl (C=O) groups excluding carboxylic acids is 1. The van der Waals surface area contributed by atoms with E-state index >= 15 is 0 Å². The molecule has 0 aromatic heterocycles. The van der Waals surface area contributed by atoms with E-state index in [2.05, 4.69) is 5.32 Å². The molecule has 0 spiro atoms. The van der Waals surface area contributed by atoms with Crippen LogP contribution in [0.4, 0.5) is 5.69 Å². The first-order chi connectivity index (χ1) is 10.1. The topological polar surface area (TPSA) is 47.6 Å². The molecule has 0 radical (unpaired) electrons. The fraction of sp³-hybridized carbons (Fsp3) is 0.588. The van der Waals surface area contributed by atoms with E-state index in [9.17, 15) is 4.79 Å². The van der Waals surface area contributed by atoms with Gasteiger partial charge in [0.25, 0.3) is 0 Å².